The second-order valence-corrected chi connectivity index (χ2v) is 7.57. The number of nitrogens with zero attached hydrogens (tertiary/aromatic N) is 2. The Morgan fingerprint density at radius 1 is 1.19 bits per heavy atom. The largest absolute Gasteiger partial charge is 0.349 e. The molecular weight excluding hydrogens is 340 g/mol. The molecule has 27 heavy (non-hydrogen) atoms. The molecule has 0 aliphatic carbocycles. The van der Waals surface area contributed by atoms with E-state index in [0.717, 1.165) is 18.4 Å². The van der Waals surface area contributed by atoms with Crippen LogP contribution in [0.5, 0.6) is 0 Å². The molecule has 1 aromatic rings. The molecule has 0 aromatic heterocycles. The maximum atomic E-state index is 12.7. The van der Waals surface area contributed by atoms with Crippen molar-refractivity contribution in [3.63, 3.8) is 0 Å². The first-order valence-electron chi connectivity index (χ1n) is 10.0. The van der Waals surface area contributed by atoms with Crippen LogP contribution in [0, 0.1) is 5.92 Å². The predicted molar refractivity (Wildman–Crippen MR) is 108 cm³/mol. The van der Waals surface area contributed by atoms with Gasteiger partial charge in [-0.1, -0.05) is 44.2 Å². The van der Waals surface area contributed by atoms with E-state index in [0.29, 0.717) is 39.0 Å². The molecule has 1 fully saturated rings. The monoisotopic (exact) mass is 374 g/mol. The number of carbonyl (C=O) groups is 2. The number of hydrogen-bond donors (Lipinski definition) is 2. The highest BCUT2D eigenvalue weighted by atomic mass is 16.2. The van der Waals surface area contributed by atoms with Crippen molar-refractivity contribution in [3.8, 4) is 0 Å². The Labute approximate surface area is 163 Å². The van der Waals surface area contributed by atoms with Gasteiger partial charge in [-0.05, 0) is 31.2 Å². The fourth-order valence-electron chi connectivity index (χ4n) is 3.63. The van der Waals surface area contributed by atoms with Gasteiger partial charge >= 0.3 is 6.03 Å². The molecule has 2 rings (SSSR count). The first-order valence-corrected chi connectivity index (χ1v) is 10.0. The minimum absolute atomic E-state index is 0.0242. The van der Waals surface area contributed by atoms with Gasteiger partial charge in [0.25, 0.3) is 0 Å². The molecule has 150 valence electrons. The van der Waals surface area contributed by atoms with E-state index in [-0.39, 0.29) is 23.4 Å². The van der Waals surface area contributed by atoms with Crippen molar-refractivity contribution in [3.05, 3.63) is 35.9 Å². The highest BCUT2D eigenvalue weighted by molar-refractivity contribution is 5.80. The molecule has 0 radical (unpaired) electrons. The van der Waals surface area contributed by atoms with Crippen molar-refractivity contribution >= 4 is 11.9 Å². The predicted octanol–water partition coefficient (Wildman–Crippen LogP) is 2.58. The number of urea groups is 1. The fraction of sp³-hybridized carbons (Fsp3) is 0.619. The van der Waals surface area contributed by atoms with Crippen LogP contribution in [-0.2, 0) is 11.3 Å². The first-order chi connectivity index (χ1) is 12.9. The van der Waals surface area contributed by atoms with Crippen molar-refractivity contribution < 1.29 is 9.59 Å². The normalized spacial score (nSPS) is 15.5. The van der Waals surface area contributed by atoms with E-state index in [1.54, 1.807) is 4.90 Å². The van der Waals surface area contributed by atoms with Crippen LogP contribution >= 0.6 is 0 Å². The average Bonchev–Trinajstić information content (AvgIpc) is 2.72. The summed E-state index contributed by atoms with van der Waals surface area (Å²) >= 11 is 0. The van der Waals surface area contributed by atoms with Crippen LogP contribution in [0.25, 0.3) is 0 Å². The fourth-order valence-corrected chi connectivity index (χ4v) is 3.63. The number of amides is 3. The van der Waals surface area contributed by atoms with Gasteiger partial charge < -0.3 is 20.9 Å². The molecule has 0 bridgehead atoms. The minimum atomic E-state index is -0.306. The zero-order chi connectivity index (χ0) is 19.9. The average molecular weight is 375 g/mol. The third-order valence-electron chi connectivity index (χ3n) is 5.86. The molecule has 0 spiro atoms. The summed E-state index contributed by atoms with van der Waals surface area (Å²) < 4.78 is 0. The van der Waals surface area contributed by atoms with Crippen molar-refractivity contribution in [2.45, 2.75) is 51.6 Å². The summed E-state index contributed by atoms with van der Waals surface area (Å²) in [5.74, 6) is 0.0337. The summed E-state index contributed by atoms with van der Waals surface area (Å²) in [6.45, 7) is 6.38. The van der Waals surface area contributed by atoms with Crippen LogP contribution in [0.4, 0.5) is 4.79 Å². The van der Waals surface area contributed by atoms with Crippen LogP contribution in [0.2, 0.25) is 0 Å². The molecule has 0 atom stereocenters. The first kappa shape index (κ1) is 21.2. The molecule has 6 heteroatoms. The number of benzene rings is 1. The molecular formula is C21H34N4O2. The zero-order valence-electron chi connectivity index (χ0n) is 16.9. The summed E-state index contributed by atoms with van der Waals surface area (Å²) in [6, 6.07) is 9.99. The Morgan fingerprint density at radius 2 is 1.78 bits per heavy atom. The lowest BCUT2D eigenvalue weighted by Crippen LogP contribution is -2.55. The van der Waals surface area contributed by atoms with Crippen LogP contribution in [0.15, 0.2) is 30.3 Å². The van der Waals surface area contributed by atoms with Gasteiger partial charge in [-0.15, -0.1) is 0 Å². The molecule has 0 unspecified atom stereocenters. The molecule has 3 N–H and O–H groups in total. The van der Waals surface area contributed by atoms with Crippen LogP contribution in [-0.4, -0.2) is 54.0 Å². The van der Waals surface area contributed by atoms with E-state index >= 15 is 0 Å². The Balaban J connectivity index is 1.85. The molecule has 1 aromatic carbocycles. The number of rotatable bonds is 7. The third-order valence-corrected chi connectivity index (χ3v) is 5.86. The number of likely N-dealkylation sites (tertiary alicyclic amines) is 1. The summed E-state index contributed by atoms with van der Waals surface area (Å²) in [4.78, 5) is 28.9. The van der Waals surface area contributed by atoms with Gasteiger partial charge in [-0.2, -0.15) is 0 Å². The van der Waals surface area contributed by atoms with Crippen LogP contribution in [0.1, 0.15) is 45.1 Å². The lowest BCUT2D eigenvalue weighted by molar-refractivity contribution is -0.128. The van der Waals surface area contributed by atoms with Crippen LogP contribution < -0.4 is 11.1 Å². The van der Waals surface area contributed by atoms with E-state index in [1.807, 2.05) is 42.3 Å². The molecule has 1 aliphatic rings. The third kappa shape index (κ3) is 5.45. The number of nitrogens with two attached hydrogens (primary N) is 1. The zero-order valence-corrected chi connectivity index (χ0v) is 16.9. The summed E-state index contributed by atoms with van der Waals surface area (Å²) in [6.07, 6.45) is 3.05. The maximum absolute atomic E-state index is 12.7. The minimum Gasteiger partial charge on any atom is -0.349 e. The van der Waals surface area contributed by atoms with E-state index in [2.05, 4.69) is 19.2 Å². The van der Waals surface area contributed by atoms with Gasteiger partial charge in [-0.25, -0.2) is 4.79 Å². The van der Waals surface area contributed by atoms with Crippen molar-refractivity contribution in [1.82, 2.24) is 15.1 Å². The summed E-state index contributed by atoms with van der Waals surface area (Å²) in [5.41, 5.74) is 6.70. The molecule has 6 nitrogen and oxygen atoms in total. The van der Waals surface area contributed by atoms with E-state index in [4.69, 9.17) is 5.73 Å². The Hall–Kier alpha value is -2.08. The number of hydrogen-bond acceptors (Lipinski definition) is 3. The van der Waals surface area contributed by atoms with Crippen LogP contribution in [0.3, 0.4) is 0 Å². The second kappa shape index (κ2) is 9.74. The van der Waals surface area contributed by atoms with Crippen molar-refractivity contribution in [2.24, 2.45) is 11.7 Å². The second-order valence-electron chi connectivity index (χ2n) is 7.57. The maximum Gasteiger partial charge on any atom is 0.320 e. The summed E-state index contributed by atoms with van der Waals surface area (Å²) in [5, 5.41) is 3.17. The molecule has 3 amide bonds. The highest BCUT2D eigenvalue weighted by Gasteiger charge is 2.33. The van der Waals surface area contributed by atoms with E-state index in [9.17, 15) is 9.59 Å². The van der Waals surface area contributed by atoms with E-state index in [1.165, 1.54) is 0 Å². The number of carbonyl (C=O) groups excluding carboxylic acids is 2. The Bertz CT molecular complexity index is 600. The van der Waals surface area contributed by atoms with Gasteiger partial charge in [0.1, 0.15) is 0 Å². The van der Waals surface area contributed by atoms with Crippen molar-refractivity contribution in [2.75, 3.05) is 26.7 Å². The molecule has 1 aliphatic heterocycles. The molecule has 0 saturated carbocycles. The standard InChI is InChI=1S/C21H34N4O2/c1-4-21(5-2,16-22)23-19(26)18-11-13-25(14-12-18)20(27)24(3)15-17-9-7-6-8-10-17/h6-10,18H,4-5,11-16,22H2,1-3H3,(H,23,26). The van der Waals surface area contributed by atoms with Gasteiger partial charge in [0, 0.05) is 39.1 Å². The van der Waals surface area contributed by atoms with E-state index < -0.39 is 0 Å². The Morgan fingerprint density at radius 3 is 2.30 bits per heavy atom. The number of piperidine rings is 1. The topological polar surface area (TPSA) is 78.7 Å². The lowest BCUT2D eigenvalue weighted by atomic mass is 9.89. The van der Waals surface area contributed by atoms with Crippen molar-refractivity contribution in [1.29, 1.82) is 0 Å². The SMILES string of the molecule is CCC(CC)(CN)NC(=O)C1CCN(C(=O)N(C)Cc2ccccc2)CC1. The molecule has 1 saturated heterocycles. The number of nitrogens with one attached hydrogen (secondary N) is 1. The quantitative estimate of drug-likeness (QED) is 0.770. The van der Waals surface area contributed by atoms with Gasteiger partial charge in [-0.3, -0.25) is 4.79 Å². The smallest absolute Gasteiger partial charge is 0.320 e. The Kier molecular flexibility index (Phi) is 7.66. The van der Waals surface area contributed by atoms with Gasteiger partial charge in [0.15, 0.2) is 0 Å². The molecule has 1 heterocycles. The van der Waals surface area contributed by atoms with Gasteiger partial charge in [0.05, 0.1) is 5.54 Å². The highest BCUT2D eigenvalue weighted by Crippen LogP contribution is 2.21. The van der Waals surface area contributed by atoms with Gasteiger partial charge in [0.2, 0.25) is 5.91 Å². The lowest BCUT2D eigenvalue weighted by Gasteiger charge is -2.37. The summed E-state index contributed by atoms with van der Waals surface area (Å²) in [7, 11) is 1.83.